The molecule has 0 radical (unpaired) electrons. The number of tetrazole rings is 1. The van der Waals surface area contributed by atoms with Crippen LogP contribution in [0.5, 0.6) is 0 Å². The molecular weight excluding hydrogens is 238 g/mol. The molecule has 3 rings (SSSR count). The Bertz CT molecular complexity index is 524. The number of nitrogens with one attached hydrogen (secondary N) is 1. The fourth-order valence-corrected chi connectivity index (χ4v) is 2.61. The van der Waals surface area contributed by atoms with E-state index >= 15 is 0 Å². The van der Waals surface area contributed by atoms with Gasteiger partial charge in [-0.05, 0) is 48.2 Å². The summed E-state index contributed by atoms with van der Waals surface area (Å²) in [5.74, 6) is 0.867. The second-order valence-corrected chi connectivity index (χ2v) is 5.18. The number of rotatable bonds is 5. The minimum atomic E-state index is 0.313. The van der Waals surface area contributed by atoms with Gasteiger partial charge >= 0.3 is 0 Å². The molecule has 0 saturated heterocycles. The maximum Gasteiger partial charge on any atom is 0.170 e. The van der Waals surface area contributed by atoms with Gasteiger partial charge in [0.25, 0.3) is 0 Å². The average molecular weight is 257 g/mol. The molecule has 1 N–H and O–H groups in total. The lowest BCUT2D eigenvalue weighted by molar-refractivity contribution is 0.173. The van der Waals surface area contributed by atoms with Gasteiger partial charge in [0.05, 0.1) is 12.2 Å². The molecule has 0 aliphatic heterocycles. The van der Waals surface area contributed by atoms with E-state index in [2.05, 4.69) is 27.8 Å². The van der Waals surface area contributed by atoms with E-state index in [1.807, 2.05) is 30.3 Å². The van der Waals surface area contributed by atoms with Crippen LogP contribution in [0.3, 0.4) is 0 Å². The molecule has 5 heteroatoms. The first-order chi connectivity index (χ1) is 9.33. The van der Waals surface area contributed by atoms with Crippen LogP contribution in [0.15, 0.2) is 30.3 Å². The van der Waals surface area contributed by atoms with Crippen molar-refractivity contribution in [3.8, 4) is 5.69 Å². The molecule has 1 aromatic heterocycles. The molecule has 0 bridgehead atoms. The van der Waals surface area contributed by atoms with Crippen molar-refractivity contribution in [3.05, 3.63) is 36.2 Å². The van der Waals surface area contributed by atoms with E-state index in [1.54, 1.807) is 4.68 Å². The maximum absolute atomic E-state index is 4.13. The Balaban J connectivity index is 1.74. The summed E-state index contributed by atoms with van der Waals surface area (Å²) in [5, 5.41) is 15.6. The Hall–Kier alpha value is -1.75. The van der Waals surface area contributed by atoms with Gasteiger partial charge in [-0.1, -0.05) is 25.1 Å². The second kappa shape index (κ2) is 5.09. The number of hydrogen-bond donors (Lipinski definition) is 1. The number of nitrogens with zero attached hydrogens (tertiary/aromatic N) is 4. The zero-order valence-electron chi connectivity index (χ0n) is 11.2. The summed E-state index contributed by atoms with van der Waals surface area (Å²) in [7, 11) is 0. The summed E-state index contributed by atoms with van der Waals surface area (Å²) >= 11 is 0. The van der Waals surface area contributed by atoms with Crippen LogP contribution in [-0.4, -0.2) is 25.7 Å². The molecule has 0 unspecified atom stereocenters. The van der Waals surface area contributed by atoms with Crippen LogP contribution < -0.4 is 5.32 Å². The molecule has 1 fully saturated rings. The zero-order valence-corrected chi connectivity index (χ0v) is 11.2. The van der Waals surface area contributed by atoms with Crippen molar-refractivity contribution in [2.45, 2.75) is 44.7 Å². The Morgan fingerprint density at radius 3 is 2.68 bits per heavy atom. The summed E-state index contributed by atoms with van der Waals surface area (Å²) in [6.45, 7) is 2.96. The SMILES string of the molecule is CCC1(NCc2nnnn2-c2ccccc2)CCC1. The number of benzene rings is 1. The molecule has 1 aromatic carbocycles. The van der Waals surface area contributed by atoms with E-state index in [-0.39, 0.29) is 0 Å². The van der Waals surface area contributed by atoms with Gasteiger partial charge in [-0.2, -0.15) is 4.68 Å². The van der Waals surface area contributed by atoms with Gasteiger partial charge in [-0.15, -0.1) is 5.10 Å². The third kappa shape index (κ3) is 2.38. The summed E-state index contributed by atoms with van der Waals surface area (Å²) in [6, 6.07) is 10.0. The fraction of sp³-hybridized carbons (Fsp3) is 0.500. The van der Waals surface area contributed by atoms with E-state index in [0.29, 0.717) is 5.54 Å². The zero-order chi connectivity index (χ0) is 13.1. The van der Waals surface area contributed by atoms with Crippen molar-refractivity contribution in [2.24, 2.45) is 0 Å². The smallest absolute Gasteiger partial charge is 0.170 e. The molecular formula is C14H19N5. The predicted octanol–water partition coefficient (Wildman–Crippen LogP) is 2.08. The van der Waals surface area contributed by atoms with Crippen LogP contribution in [0.2, 0.25) is 0 Å². The molecule has 0 atom stereocenters. The molecule has 1 heterocycles. The molecule has 1 saturated carbocycles. The van der Waals surface area contributed by atoms with Gasteiger partial charge in [-0.25, -0.2) is 0 Å². The van der Waals surface area contributed by atoms with Gasteiger partial charge in [-0.3, -0.25) is 0 Å². The molecule has 2 aromatic rings. The Labute approximate surface area is 113 Å². The van der Waals surface area contributed by atoms with Gasteiger partial charge < -0.3 is 5.32 Å². The predicted molar refractivity (Wildman–Crippen MR) is 72.9 cm³/mol. The minimum absolute atomic E-state index is 0.313. The largest absolute Gasteiger partial charge is 0.304 e. The first-order valence-corrected chi connectivity index (χ1v) is 6.91. The van der Waals surface area contributed by atoms with Gasteiger partial charge in [0.1, 0.15) is 0 Å². The highest BCUT2D eigenvalue weighted by atomic mass is 15.5. The first kappa shape index (κ1) is 12.3. The first-order valence-electron chi connectivity index (χ1n) is 6.91. The molecule has 1 aliphatic rings. The van der Waals surface area contributed by atoms with Crippen LogP contribution in [0.4, 0.5) is 0 Å². The Kier molecular flexibility index (Phi) is 3.29. The van der Waals surface area contributed by atoms with Gasteiger partial charge in [0, 0.05) is 5.54 Å². The lowest BCUT2D eigenvalue weighted by Crippen LogP contribution is -2.50. The maximum atomic E-state index is 4.13. The molecule has 0 amide bonds. The third-order valence-corrected chi connectivity index (χ3v) is 4.14. The summed E-state index contributed by atoms with van der Waals surface area (Å²) in [6.07, 6.45) is 5.01. The molecule has 5 nitrogen and oxygen atoms in total. The minimum Gasteiger partial charge on any atom is -0.304 e. The van der Waals surface area contributed by atoms with Crippen LogP contribution in [-0.2, 0) is 6.54 Å². The average Bonchev–Trinajstić information content (AvgIpc) is 2.87. The van der Waals surface area contributed by atoms with E-state index in [1.165, 1.54) is 25.7 Å². The highest BCUT2D eigenvalue weighted by Gasteiger charge is 2.34. The lowest BCUT2D eigenvalue weighted by atomic mass is 9.75. The monoisotopic (exact) mass is 257 g/mol. The number of hydrogen-bond acceptors (Lipinski definition) is 4. The fourth-order valence-electron chi connectivity index (χ4n) is 2.61. The van der Waals surface area contributed by atoms with Crippen molar-refractivity contribution >= 4 is 0 Å². The number of aromatic nitrogens is 4. The van der Waals surface area contributed by atoms with Crippen LogP contribution in [0, 0.1) is 0 Å². The van der Waals surface area contributed by atoms with Gasteiger partial charge in [0.2, 0.25) is 0 Å². The third-order valence-electron chi connectivity index (χ3n) is 4.14. The lowest BCUT2D eigenvalue weighted by Gasteiger charge is -2.42. The van der Waals surface area contributed by atoms with Crippen LogP contribution in [0.1, 0.15) is 38.4 Å². The van der Waals surface area contributed by atoms with Crippen molar-refractivity contribution in [2.75, 3.05) is 0 Å². The number of para-hydroxylation sites is 1. The standard InChI is InChI=1S/C14H19N5/c1-2-14(9-6-10-14)15-11-13-16-17-18-19(13)12-7-4-3-5-8-12/h3-5,7-8,15H,2,6,9-11H2,1H3. The summed E-state index contributed by atoms with van der Waals surface area (Å²) < 4.78 is 1.80. The molecule has 1 aliphatic carbocycles. The summed E-state index contributed by atoms with van der Waals surface area (Å²) in [5.41, 5.74) is 1.32. The highest BCUT2D eigenvalue weighted by molar-refractivity contribution is 5.30. The Morgan fingerprint density at radius 2 is 2.05 bits per heavy atom. The van der Waals surface area contributed by atoms with Crippen molar-refractivity contribution in [3.63, 3.8) is 0 Å². The van der Waals surface area contributed by atoms with Crippen molar-refractivity contribution in [1.82, 2.24) is 25.5 Å². The normalized spacial score (nSPS) is 17.1. The van der Waals surface area contributed by atoms with Crippen LogP contribution in [0.25, 0.3) is 5.69 Å². The van der Waals surface area contributed by atoms with Crippen molar-refractivity contribution < 1.29 is 0 Å². The van der Waals surface area contributed by atoms with Crippen molar-refractivity contribution in [1.29, 1.82) is 0 Å². The molecule has 100 valence electrons. The Morgan fingerprint density at radius 1 is 1.26 bits per heavy atom. The molecule has 19 heavy (non-hydrogen) atoms. The second-order valence-electron chi connectivity index (χ2n) is 5.18. The molecule has 0 spiro atoms. The van der Waals surface area contributed by atoms with E-state index in [0.717, 1.165) is 18.1 Å². The van der Waals surface area contributed by atoms with E-state index in [4.69, 9.17) is 0 Å². The summed E-state index contributed by atoms with van der Waals surface area (Å²) in [4.78, 5) is 0. The van der Waals surface area contributed by atoms with Crippen LogP contribution >= 0.6 is 0 Å². The quantitative estimate of drug-likeness (QED) is 0.891. The van der Waals surface area contributed by atoms with E-state index < -0.39 is 0 Å². The highest BCUT2D eigenvalue weighted by Crippen LogP contribution is 2.34. The van der Waals surface area contributed by atoms with Gasteiger partial charge in [0.15, 0.2) is 5.82 Å². The topological polar surface area (TPSA) is 55.6 Å². The van der Waals surface area contributed by atoms with E-state index in [9.17, 15) is 0 Å².